The van der Waals surface area contributed by atoms with Crippen LogP contribution in [-0.4, -0.2) is 16.0 Å². The van der Waals surface area contributed by atoms with E-state index in [1.165, 1.54) is 0 Å². The molecular formula is C13H8INO5. The number of aromatic carboxylic acids is 1. The van der Waals surface area contributed by atoms with Crippen molar-refractivity contribution < 1.29 is 19.6 Å². The molecule has 7 heteroatoms. The Balaban J connectivity index is 2.48. The van der Waals surface area contributed by atoms with Gasteiger partial charge in [-0.3, -0.25) is 10.1 Å². The Morgan fingerprint density at radius 3 is 2.50 bits per heavy atom. The molecule has 0 saturated carbocycles. The van der Waals surface area contributed by atoms with E-state index >= 15 is 0 Å². The van der Waals surface area contributed by atoms with Gasteiger partial charge in [0.2, 0.25) is 0 Å². The van der Waals surface area contributed by atoms with Crippen molar-refractivity contribution in [2.75, 3.05) is 0 Å². The number of para-hydroxylation sites is 1. The summed E-state index contributed by atoms with van der Waals surface area (Å²) in [6.45, 7) is 0. The molecule has 0 fully saturated rings. The van der Waals surface area contributed by atoms with Gasteiger partial charge < -0.3 is 9.84 Å². The molecule has 0 aliphatic rings. The second-order valence-corrected chi connectivity index (χ2v) is 4.94. The van der Waals surface area contributed by atoms with E-state index in [-0.39, 0.29) is 17.0 Å². The zero-order valence-corrected chi connectivity index (χ0v) is 12.1. The molecule has 0 heterocycles. The molecule has 2 aromatic carbocycles. The largest absolute Gasteiger partial charge is 0.478 e. The van der Waals surface area contributed by atoms with Gasteiger partial charge in [-0.1, -0.05) is 12.1 Å². The van der Waals surface area contributed by atoms with Crippen LogP contribution in [0.4, 0.5) is 5.69 Å². The molecule has 0 amide bonds. The zero-order valence-electron chi connectivity index (χ0n) is 9.95. The number of nitrogens with zero attached hydrogens (tertiary/aromatic N) is 1. The first-order chi connectivity index (χ1) is 9.49. The lowest BCUT2D eigenvalue weighted by molar-refractivity contribution is -0.384. The minimum absolute atomic E-state index is 0.0594. The highest BCUT2D eigenvalue weighted by atomic mass is 127. The Morgan fingerprint density at radius 1 is 1.20 bits per heavy atom. The van der Waals surface area contributed by atoms with E-state index in [2.05, 4.69) is 0 Å². The highest BCUT2D eigenvalue weighted by Gasteiger charge is 2.17. The maximum Gasteiger partial charge on any atom is 0.339 e. The van der Waals surface area contributed by atoms with Gasteiger partial charge in [0.1, 0.15) is 17.1 Å². The molecule has 0 saturated heterocycles. The van der Waals surface area contributed by atoms with Gasteiger partial charge in [0.05, 0.1) is 14.6 Å². The number of ether oxygens (including phenoxy) is 1. The number of benzene rings is 2. The first kappa shape index (κ1) is 14.3. The first-order valence-corrected chi connectivity index (χ1v) is 6.51. The predicted octanol–water partition coefficient (Wildman–Crippen LogP) is 3.69. The predicted molar refractivity (Wildman–Crippen MR) is 79.3 cm³/mol. The molecule has 0 aliphatic heterocycles. The molecule has 1 N–H and O–H groups in total. The number of hydrogen-bond donors (Lipinski definition) is 1. The number of carboxylic acid groups (broad SMARTS) is 1. The summed E-state index contributed by atoms with van der Waals surface area (Å²) in [6, 6.07) is 10.4. The van der Waals surface area contributed by atoms with Gasteiger partial charge in [0, 0.05) is 6.07 Å². The van der Waals surface area contributed by atoms with Crippen molar-refractivity contribution in [1.82, 2.24) is 0 Å². The van der Waals surface area contributed by atoms with Crippen LogP contribution in [-0.2, 0) is 0 Å². The number of carboxylic acids is 1. The topological polar surface area (TPSA) is 89.7 Å². The van der Waals surface area contributed by atoms with Crippen LogP contribution in [0.5, 0.6) is 11.5 Å². The molecule has 0 unspecified atom stereocenters. The van der Waals surface area contributed by atoms with Gasteiger partial charge in [0.15, 0.2) is 0 Å². The summed E-state index contributed by atoms with van der Waals surface area (Å²) in [5, 5.41) is 19.8. The van der Waals surface area contributed by atoms with E-state index in [1.807, 2.05) is 22.6 Å². The van der Waals surface area contributed by atoms with Crippen LogP contribution in [0, 0.1) is 13.7 Å². The van der Waals surface area contributed by atoms with Crippen LogP contribution in [0.3, 0.4) is 0 Å². The summed E-state index contributed by atoms with van der Waals surface area (Å²) in [7, 11) is 0. The van der Waals surface area contributed by atoms with Gasteiger partial charge in [-0.15, -0.1) is 0 Å². The fourth-order valence-electron chi connectivity index (χ4n) is 1.53. The third-order valence-electron chi connectivity index (χ3n) is 2.46. The SMILES string of the molecule is O=C(O)c1ccc([N+](=O)[O-])cc1Oc1ccccc1I. The highest BCUT2D eigenvalue weighted by molar-refractivity contribution is 14.1. The Hall–Kier alpha value is -2.16. The summed E-state index contributed by atoms with van der Waals surface area (Å²) in [4.78, 5) is 21.3. The fourth-order valence-corrected chi connectivity index (χ4v) is 2.03. The van der Waals surface area contributed by atoms with Crippen LogP contribution in [0.1, 0.15) is 10.4 Å². The number of hydrogen-bond acceptors (Lipinski definition) is 4. The van der Waals surface area contributed by atoms with Gasteiger partial charge in [-0.25, -0.2) is 4.79 Å². The maximum atomic E-state index is 11.1. The molecule has 2 rings (SSSR count). The summed E-state index contributed by atoms with van der Waals surface area (Å²) in [5.41, 5.74) is -0.355. The van der Waals surface area contributed by atoms with E-state index < -0.39 is 10.9 Å². The number of carbonyl (C=O) groups is 1. The Bertz CT molecular complexity index is 686. The molecule has 0 atom stereocenters. The lowest BCUT2D eigenvalue weighted by Gasteiger charge is -2.09. The molecule has 6 nitrogen and oxygen atoms in total. The average molecular weight is 385 g/mol. The lowest BCUT2D eigenvalue weighted by atomic mass is 10.2. The van der Waals surface area contributed by atoms with Gasteiger partial charge >= 0.3 is 5.97 Å². The number of halogens is 1. The Labute approximate surface area is 127 Å². The molecule has 102 valence electrons. The van der Waals surface area contributed by atoms with E-state index in [0.29, 0.717) is 5.75 Å². The summed E-state index contributed by atoms with van der Waals surface area (Å²) in [5.74, 6) is -0.826. The third kappa shape index (κ3) is 3.05. The molecule has 0 spiro atoms. The number of rotatable bonds is 4. The van der Waals surface area contributed by atoms with Gasteiger partial charge in [-0.2, -0.15) is 0 Å². The van der Waals surface area contributed by atoms with Crippen molar-refractivity contribution in [3.63, 3.8) is 0 Å². The molecule has 0 bridgehead atoms. The monoisotopic (exact) mass is 385 g/mol. The van der Waals surface area contributed by atoms with Crippen molar-refractivity contribution in [1.29, 1.82) is 0 Å². The van der Waals surface area contributed by atoms with Crippen molar-refractivity contribution in [2.45, 2.75) is 0 Å². The summed E-state index contributed by atoms with van der Waals surface area (Å²) >= 11 is 2.03. The van der Waals surface area contributed by atoms with Gasteiger partial charge in [-0.05, 0) is 40.8 Å². The second kappa shape index (κ2) is 5.87. The van der Waals surface area contributed by atoms with Crippen molar-refractivity contribution in [3.05, 3.63) is 61.7 Å². The Kier molecular flexibility index (Phi) is 4.18. The van der Waals surface area contributed by atoms with Crippen LogP contribution < -0.4 is 4.74 Å². The normalized spacial score (nSPS) is 10.1. The van der Waals surface area contributed by atoms with E-state index in [1.54, 1.807) is 24.3 Å². The number of nitro groups is 1. The zero-order chi connectivity index (χ0) is 14.7. The second-order valence-electron chi connectivity index (χ2n) is 3.78. The van der Waals surface area contributed by atoms with Crippen LogP contribution in [0.2, 0.25) is 0 Å². The summed E-state index contributed by atoms with van der Waals surface area (Å²) < 4.78 is 6.27. The molecule has 2 aromatic rings. The first-order valence-electron chi connectivity index (χ1n) is 5.43. The van der Waals surface area contributed by atoms with Crippen molar-refractivity contribution >= 4 is 34.2 Å². The Morgan fingerprint density at radius 2 is 1.90 bits per heavy atom. The quantitative estimate of drug-likeness (QED) is 0.493. The van der Waals surface area contributed by atoms with Crippen molar-refractivity contribution in [2.24, 2.45) is 0 Å². The average Bonchev–Trinajstić information content (AvgIpc) is 2.41. The number of non-ortho nitro benzene ring substituents is 1. The van der Waals surface area contributed by atoms with E-state index in [4.69, 9.17) is 9.84 Å². The molecule has 0 aliphatic carbocycles. The minimum Gasteiger partial charge on any atom is -0.478 e. The maximum absolute atomic E-state index is 11.1. The lowest BCUT2D eigenvalue weighted by Crippen LogP contribution is -2.01. The fraction of sp³-hybridized carbons (Fsp3) is 0. The van der Waals surface area contributed by atoms with Gasteiger partial charge in [0.25, 0.3) is 5.69 Å². The van der Waals surface area contributed by atoms with E-state index in [0.717, 1.165) is 21.8 Å². The van der Waals surface area contributed by atoms with Crippen molar-refractivity contribution in [3.8, 4) is 11.5 Å². The van der Waals surface area contributed by atoms with Crippen LogP contribution >= 0.6 is 22.6 Å². The highest BCUT2D eigenvalue weighted by Crippen LogP contribution is 2.31. The third-order valence-corrected chi connectivity index (χ3v) is 3.35. The van der Waals surface area contributed by atoms with Crippen LogP contribution in [0.15, 0.2) is 42.5 Å². The minimum atomic E-state index is -1.21. The molecule has 0 aromatic heterocycles. The molecule has 20 heavy (non-hydrogen) atoms. The molecular weight excluding hydrogens is 377 g/mol. The van der Waals surface area contributed by atoms with E-state index in [9.17, 15) is 14.9 Å². The molecule has 0 radical (unpaired) electrons. The standard InChI is InChI=1S/C13H8INO5/c14-10-3-1-2-4-11(10)20-12-7-8(15(18)19)5-6-9(12)13(16)17/h1-7H,(H,16,17). The smallest absolute Gasteiger partial charge is 0.339 e. The summed E-state index contributed by atoms with van der Waals surface area (Å²) in [6.07, 6.45) is 0. The van der Waals surface area contributed by atoms with Crippen LogP contribution in [0.25, 0.3) is 0 Å². The number of nitro benzene ring substituents is 1.